The smallest absolute Gasteiger partial charge is 0.296 e. The number of aromatic nitrogens is 2. The second kappa shape index (κ2) is 20.0. The first-order valence-corrected chi connectivity index (χ1v) is 21.9. The van der Waals surface area contributed by atoms with Crippen molar-refractivity contribution in [2.75, 3.05) is 28.7 Å². The van der Waals surface area contributed by atoms with Gasteiger partial charge < -0.3 is 16.2 Å². The Labute approximate surface area is 355 Å². The van der Waals surface area contributed by atoms with Gasteiger partial charge in [0.05, 0.1) is 39.9 Å². The predicted octanol–water partition coefficient (Wildman–Crippen LogP) is 6.73. The number of phenols is 1. The van der Waals surface area contributed by atoms with Crippen molar-refractivity contribution in [3.63, 3.8) is 0 Å². The van der Waals surface area contributed by atoms with Gasteiger partial charge in [-0.3, -0.25) is 18.6 Å². The molecule has 0 radical (unpaired) electrons. The lowest BCUT2D eigenvalue weighted by Crippen LogP contribution is -2.12. The molecule has 5 rings (SSSR count). The number of nitriles is 1. The zero-order valence-electron chi connectivity index (χ0n) is 29.5. The molecule has 32 heteroatoms. The van der Waals surface area contributed by atoms with Gasteiger partial charge in [-0.25, -0.2) is 23.9 Å². The highest BCUT2D eigenvalue weighted by atomic mass is 35.5. The minimum absolute atomic E-state index is 0.0381. The number of hydrogen-bond donors (Lipinski definition) is 8. The van der Waals surface area contributed by atoms with Crippen LogP contribution in [0.1, 0.15) is 0 Å². The van der Waals surface area contributed by atoms with E-state index in [9.17, 15) is 39.5 Å². The molecule has 0 amide bonds. The van der Waals surface area contributed by atoms with Gasteiger partial charge >= 0.3 is 0 Å². The molecule has 0 bridgehead atoms. The van der Waals surface area contributed by atoms with Crippen LogP contribution in [0, 0.1) is 11.5 Å². The minimum atomic E-state index is -5.15. The van der Waals surface area contributed by atoms with Crippen molar-refractivity contribution in [3.8, 4) is 11.9 Å². The van der Waals surface area contributed by atoms with Crippen molar-refractivity contribution in [1.29, 1.82) is 5.26 Å². The fraction of sp³-hybridized carbons (Fsp3) is 0.0690. The third-order valence-electron chi connectivity index (χ3n) is 7.39. The second-order valence-corrected chi connectivity index (χ2v) is 17.7. The first-order valence-electron chi connectivity index (χ1n) is 15.6. The van der Waals surface area contributed by atoms with E-state index in [4.69, 9.17) is 37.3 Å². The number of benzene rings is 4. The number of nitrogens with two attached hydrogens (primary N) is 1. The summed E-state index contributed by atoms with van der Waals surface area (Å²) in [5.41, 5.74) is 4.42. The zero-order chi connectivity index (χ0) is 44.5. The lowest BCUT2D eigenvalue weighted by molar-refractivity contribution is -0.434. The van der Waals surface area contributed by atoms with Crippen LogP contribution < -0.4 is 16.4 Å². The van der Waals surface area contributed by atoms with Crippen LogP contribution in [-0.4, -0.2) is 72.3 Å². The maximum Gasteiger partial charge on any atom is 0.296 e. The fourth-order valence-electron chi connectivity index (χ4n) is 4.88. The second-order valence-electron chi connectivity index (χ2n) is 11.2. The van der Waals surface area contributed by atoms with E-state index in [2.05, 4.69) is 59.8 Å². The Morgan fingerprint density at radius 2 is 1.52 bits per heavy atom. The first kappa shape index (κ1) is 46.7. The average Bonchev–Trinajstić information content (AvgIpc) is 3.18. The largest absolute Gasteiger partial charge is 0.505 e. The van der Waals surface area contributed by atoms with E-state index in [-0.39, 0.29) is 74.0 Å². The summed E-state index contributed by atoms with van der Waals surface area (Å²) in [5.74, 6) is -1.53. The van der Waals surface area contributed by atoms with Crippen molar-refractivity contribution >= 4 is 123 Å². The van der Waals surface area contributed by atoms with Crippen LogP contribution in [-0.2, 0) is 53.0 Å². The highest BCUT2D eigenvalue weighted by Gasteiger charge is 2.24. The predicted molar refractivity (Wildman–Crippen MR) is 212 cm³/mol. The van der Waals surface area contributed by atoms with Gasteiger partial charge in [-0.05, 0) is 54.6 Å². The van der Waals surface area contributed by atoms with Crippen LogP contribution in [0.15, 0.2) is 101 Å². The summed E-state index contributed by atoms with van der Waals surface area (Å²) < 4.78 is 108. The SMILES string of the molecule is N#CNc1nc(Cl)cc(Nc2ccc(S(=O)(=O)O)c(N=Nc3c(SOOO)cc4c(N=Nc5ccc(S(=O)(=O)CCOSOOO)cc5S(=O)(=O)O)c(N)ccc4c3O)c2)n1. The van der Waals surface area contributed by atoms with E-state index in [1.165, 1.54) is 30.3 Å². The van der Waals surface area contributed by atoms with Gasteiger partial charge in [0.2, 0.25) is 5.95 Å². The molecule has 0 saturated carbocycles. The van der Waals surface area contributed by atoms with Gasteiger partial charge in [0.1, 0.15) is 43.5 Å². The molecule has 61 heavy (non-hydrogen) atoms. The lowest BCUT2D eigenvalue weighted by atomic mass is 10.1. The molecule has 1 heterocycles. The minimum Gasteiger partial charge on any atom is -0.505 e. The van der Waals surface area contributed by atoms with Crippen molar-refractivity contribution in [1.82, 2.24) is 9.97 Å². The first-order chi connectivity index (χ1) is 28.9. The third kappa shape index (κ3) is 11.9. The number of azo groups is 2. The summed E-state index contributed by atoms with van der Waals surface area (Å²) in [4.78, 5) is 5.35. The van der Waals surface area contributed by atoms with Crippen LogP contribution in [0.2, 0.25) is 5.15 Å². The van der Waals surface area contributed by atoms with Crippen LogP contribution >= 0.6 is 36.0 Å². The van der Waals surface area contributed by atoms with Gasteiger partial charge in [0.25, 0.3) is 20.2 Å². The van der Waals surface area contributed by atoms with Crippen molar-refractivity contribution in [3.05, 3.63) is 65.8 Å². The number of rotatable bonds is 19. The number of nitrogen functional groups attached to an aromatic ring is 1. The summed E-state index contributed by atoms with van der Waals surface area (Å²) in [5, 5.41) is 65.0. The Kier molecular flexibility index (Phi) is 15.3. The topological polar surface area (TPSA) is 399 Å². The van der Waals surface area contributed by atoms with E-state index in [0.29, 0.717) is 6.07 Å². The maximum absolute atomic E-state index is 12.8. The molecular weight excluding hydrogens is 940 g/mol. The molecule has 0 atom stereocenters. The van der Waals surface area contributed by atoms with Crippen molar-refractivity contribution in [2.24, 2.45) is 20.5 Å². The molecule has 0 fully saturated rings. The molecule has 1 aromatic heterocycles. The molecule has 9 N–H and O–H groups in total. The quantitative estimate of drug-likeness (QED) is 0.00406. The summed E-state index contributed by atoms with van der Waals surface area (Å²) in [6.45, 7) is -0.507. The number of aromatic hydroxyl groups is 1. The summed E-state index contributed by atoms with van der Waals surface area (Å²) in [6, 6.07) is 10.8. The number of fused-ring (bicyclic) bond motifs is 1. The van der Waals surface area contributed by atoms with E-state index in [1.54, 1.807) is 6.19 Å². The highest BCUT2D eigenvalue weighted by molar-refractivity contribution is 7.94. The zero-order valence-corrected chi connectivity index (χ0v) is 34.4. The Balaban J connectivity index is 1.57. The molecule has 26 nitrogen and oxygen atoms in total. The van der Waals surface area contributed by atoms with Crippen LogP contribution in [0.4, 0.5) is 45.9 Å². The number of anilines is 4. The van der Waals surface area contributed by atoms with E-state index >= 15 is 0 Å². The van der Waals surface area contributed by atoms with Crippen LogP contribution in [0.5, 0.6) is 5.75 Å². The lowest BCUT2D eigenvalue weighted by Gasteiger charge is -2.12. The third-order valence-corrected chi connectivity index (χ3v) is 12.0. The fourth-order valence-corrected chi connectivity index (χ4v) is 8.31. The molecule has 0 aliphatic carbocycles. The van der Waals surface area contributed by atoms with Gasteiger partial charge in [-0.2, -0.15) is 27.1 Å². The van der Waals surface area contributed by atoms with Crippen molar-refractivity contribution < 1.29 is 72.9 Å². The molecule has 0 aliphatic heterocycles. The molecule has 0 unspecified atom stereocenters. The molecule has 0 spiro atoms. The Bertz CT molecular complexity index is 2920. The molecule has 5 aromatic rings. The van der Waals surface area contributed by atoms with Crippen LogP contribution in [0.25, 0.3) is 10.8 Å². The van der Waals surface area contributed by atoms with Crippen LogP contribution in [0.3, 0.4) is 0 Å². The summed E-state index contributed by atoms with van der Waals surface area (Å²) in [7, 11) is -14.3. The van der Waals surface area contributed by atoms with Crippen molar-refractivity contribution in [2.45, 2.75) is 19.6 Å². The monoisotopic (exact) mass is 962 g/mol. The standard InChI is InChI=1S/C29H23ClN10O16S5/c30-24-12-25(36-29(35-24)33-13-31)34-14-1-6-22(60(46,47)48)20(9-14)38-40-27-21(57-55-53-42)11-17-16(28(27)41)3-4-18(32)26(17)39-37-19-5-2-15(10-23(19)61(49,50)51)59(44,45)8-7-52-58-56-54-43/h1-6,9-12,41-43H,7-8,32H2,(H,46,47,48)(H,49,50,51)(H2,33,34,35,36). The molecule has 0 aliphatic rings. The number of sulfone groups is 1. The van der Waals surface area contributed by atoms with E-state index in [0.717, 1.165) is 24.3 Å². The number of nitrogens with zero attached hydrogens (tertiary/aromatic N) is 7. The van der Waals surface area contributed by atoms with E-state index in [1.807, 2.05) is 0 Å². The van der Waals surface area contributed by atoms with Gasteiger partial charge in [-0.15, -0.1) is 29.1 Å². The average molecular weight is 963 g/mol. The Morgan fingerprint density at radius 1 is 0.820 bits per heavy atom. The highest BCUT2D eigenvalue weighted by Crippen LogP contribution is 2.48. The normalized spacial score (nSPS) is 12.3. The van der Waals surface area contributed by atoms with Gasteiger partial charge in [0.15, 0.2) is 34.1 Å². The molecular formula is C29H23ClN10O16S5. The van der Waals surface area contributed by atoms with Gasteiger partial charge in [-0.1, -0.05) is 21.7 Å². The summed E-state index contributed by atoms with van der Waals surface area (Å²) in [6.07, 6.45) is 1.63. The molecule has 322 valence electrons. The Morgan fingerprint density at radius 3 is 2.21 bits per heavy atom. The Hall–Kier alpha value is -5.41. The molecule has 0 saturated heterocycles. The van der Waals surface area contributed by atoms with E-state index < -0.39 is 79.9 Å². The number of phenolic OH excluding ortho intramolecular Hbond substituents is 1. The maximum atomic E-state index is 12.8. The number of halogens is 1. The molecule has 4 aromatic carbocycles. The van der Waals surface area contributed by atoms with Gasteiger partial charge in [0, 0.05) is 22.5 Å². The summed E-state index contributed by atoms with van der Waals surface area (Å²) >= 11 is 6.35. The number of nitrogens with one attached hydrogen (secondary N) is 2. The number of hydrogen-bond acceptors (Lipinski definition) is 26.